The number of pyridine rings is 1. The lowest BCUT2D eigenvalue weighted by Crippen LogP contribution is -2.38. The molecule has 0 bridgehead atoms. The largest absolute Gasteiger partial charge is 0.381 e. The first-order valence-electron chi connectivity index (χ1n) is 12.6. The molecule has 2 saturated heterocycles. The highest BCUT2D eigenvalue weighted by Crippen LogP contribution is 2.33. The molecule has 2 aromatic heterocycles. The highest BCUT2D eigenvalue weighted by molar-refractivity contribution is 5.99. The van der Waals surface area contributed by atoms with Crippen LogP contribution in [0.15, 0.2) is 36.8 Å². The van der Waals surface area contributed by atoms with Crippen molar-refractivity contribution in [3.05, 3.63) is 59.3 Å². The van der Waals surface area contributed by atoms with E-state index in [1.807, 2.05) is 30.8 Å². The smallest absolute Gasteiger partial charge is 0.256 e. The summed E-state index contributed by atoms with van der Waals surface area (Å²) in [7, 11) is 1.76. The first kappa shape index (κ1) is 23.9. The highest BCUT2D eigenvalue weighted by Gasteiger charge is 2.29. The van der Waals surface area contributed by atoms with Crippen molar-refractivity contribution in [2.75, 3.05) is 39.9 Å². The van der Waals surface area contributed by atoms with Crippen LogP contribution < -0.4 is 0 Å². The average Bonchev–Trinajstić information content (AvgIpc) is 3.40. The van der Waals surface area contributed by atoms with Crippen LogP contribution in [-0.4, -0.2) is 71.2 Å². The third-order valence-corrected chi connectivity index (χ3v) is 7.63. The van der Waals surface area contributed by atoms with Gasteiger partial charge in [0, 0.05) is 49.9 Å². The molecule has 1 aromatic carbocycles. The van der Waals surface area contributed by atoms with Gasteiger partial charge in [0.25, 0.3) is 5.91 Å². The summed E-state index contributed by atoms with van der Waals surface area (Å²) in [5.41, 5.74) is 4.38. The molecule has 2 aliphatic rings. The van der Waals surface area contributed by atoms with Crippen molar-refractivity contribution in [2.45, 2.75) is 39.7 Å². The second-order valence-corrected chi connectivity index (χ2v) is 10.6. The minimum atomic E-state index is -0.414. The molecule has 186 valence electrons. The Kier molecular flexibility index (Phi) is 6.64. The van der Waals surface area contributed by atoms with Crippen LogP contribution in [0.3, 0.4) is 0 Å². The average molecular weight is 479 g/mol. The number of carbonyl (C=O) groups is 1. The molecule has 3 aromatic rings. The molecule has 0 saturated carbocycles. The van der Waals surface area contributed by atoms with Gasteiger partial charge in [-0.2, -0.15) is 0 Å². The number of benzene rings is 1. The summed E-state index contributed by atoms with van der Waals surface area (Å²) < 4.78 is 21.7. The van der Waals surface area contributed by atoms with Gasteiger partial charge in [-0.1, -0.05) is 0 Å². The van der Waals surface area contributed by atoms with Gasteiger partial charge in [0.05, 0.1) is 36.2 Å². The first-order valence-corrected chi connectivity index (χ1v) is 12.6. The van der Waals surface area contributed by atoms with Gasteiger partial charge in [0.15, 0.2) is 0 Å². The lowest BCUT2D eigenvalue weighted by Gasteiger charge is -2.30. The molecular weight excluding hydrogens is 443 g/mol. The number of ether oxygens (including phenoxy) is 1. The summed E-state index contributed by atoms with van der Waals surface area (Å²) in [6.07, 6.45) is 8.05. The van der Waals surface area contributed by atoms with Crippen LogP contribution in [0.1, 0.15) is 41.8 Å². The molecular formula is C28H35FN4O2. The summed E-state index contributed by atoms with van der Waals surface area (Å²) in [5.74, 6) is 0.666. The van der Waals surface area contributed by atoms with Crippen molar-refractivity contribution in [2.24, 2.45) is 11.8 Å². The Morgan fingerprint density at radius 1 is 1.26 bits per heavy atom. The zero-order chi connectivity index (χ0) is 24.7. The standard InChI is InChI=1S/C28H35FN4O2/c1-18(2)31(4)28(34)24-10-23(29)5-6-25(24)33-15-22(27-19(3)11-30-12-26(27)33)9-20-7-8-32(13-20)14-21-16-35-17-21/h5-6,10-12,15,18,20-21H,7-9,13-14,16-17H2,1-4H3/t20-/m0/s1. The Balaban J connectivity index is 1.50. The fourth-order valence-electron chi connectivity index (χ4n) is 5.42. The van der Waals surface area contributed by atoms with Crippen molar-refractivity contribution >= 4 is 16.8 Å². The number of aryl methyl sites for hydroxylation is 1. The monoisotopic (exact) mass is 478 g/mol. The number of fused-ring (bicyclic) bond motifs is 1. The molecule has 35 heavy (non-hydrogen) atoms. The topological polar surface area (TPSA) is 50.6 Å². The van der Waals surface area contributed by atoms with E-state index in [0.29, 0.717) is 23.1 Å². The van der Waals surface area contributed by atoms with Crippen LogP contribution in [0.4, 0.5) is 4.39 Å². The van der Waals surface area contributed by atoms with Gasteiger partial charge in [-0.15, -0.1) is 0 Å². The third kappa shape index (κ3) is 4.71. The van der Waals surface area contributed by atoms with Gasteiger partial charge in [0.2, 0.25) is 0 Å². The van der Waals surface area contributed by atoms with E-state index in [1.165, 1.54) is 29.5 Å². The van der Waals surface area contributed by atoms with Crippen molar-refractivity contribution in [1.29, 1.82) is 0 Å². The molecule has 0 spiro atoms. The van der Waals surface area contributed by atoms with Crippen molar-refractivity contribution in [3.63, 3.8) is 0 Å². The van der Waals surface area contributed by atoms with E-state index in [2.05, 4.69) is 23.0 Å². The quantitative estimate of drug-likeness (QED) is 0.503. The maximum atomic E-state index is 14.3. The van der Waals surface area contributed by atoms with E-state index in [-0.39, 0.29) is 11.9 Å². The van der Waals surface area contributed by atoms with Gasteiger partial charge in [-0.05, 0) is 75.4 Å². The Hall–Kier alpha value is -2.77. The van der Waals surface area contributed by atoms with E-state index < -0.39 is 5.82 Å². The van der Waals surface area contributed by atoms with Crippen LogP contribution in [-0.2, 0) is 11.2 Å². The second kappa shape index (κ2) is 9.70. The van der Waals surface area contributed by atoms with Gasteiger partial charge >= 0.3 is 0 Å². The van der Waals surface area contributed by atoms with Gasteiger partial charge in [-0.3, -0.25) is 9.78 Å². The maximum absolute atomic E-state index is 14.3. The summed E-state index contributed by atoms with van der Waals surface area (Å²) in [4.78, 5) is 22.0. The molecule has 0 radical (unpaired) electrons. The molecule has 0 aliphatic carbocycles. The van der Waals surface area contributed by atoms with Gasteiger partial charge < -0.3 is 19.1 Å². The van der Waals surface area contributed by atoms with Gasteiger partial charge in [0.1, 0.15) is 5.82 Å². The molecule has 4 heterocycles. The van der Waals surface area contributed by atoms with E-state index in [9.17, 15) is 9.18 Å². The van der Waals surface area contributed by atoms with E-state index in [4.69, 9.17) is 4.74 Å². The number of aromatic nitrogens is 2. The zero-order valence-corrected chi connectivity index (χ0v) is 21.1. The molecule has 2 aliphatic heterocycles. The molecule has 0 unspecified atom stereocenters. The molecule has 5 rings (SSSR count). The van der Waals surface area contributed by atoms with Crippen LogP contribution in [0.5, 0.6) is 0 Å². The van der Waals surface area contributed by atoms with Crippen LogP contribution >= 0.6 is 0 Å². The van der Waals surface area contributed by atoms with Crippen molar-refractivity contribution < 1.29 is 13.9 Å². The fraction of sp³-hybridized carbons (Fsp3) is 0.500. The number of hydrogen-bond acceptors (Lipinski definition) is 4. The van der Waals surface area contributed by atoms with Crippen LogP contribution in [0.25, 0.3) is 16.6 Å². The third-order valence-electron chi connectivity index (χ3n) is 7.63. The fourth-order valence-corrected chi connectivity index (χ4v) is 5.42. The molecule has 6 nitrogen and oxygen atoms in total. The van der Waals surface area contributed by atoms with Crippen LogP contribution in [0.2, 0.25) is 0 Å². The number of rotatable bonds is 7. The predicted molar refractivity (Wildman–Crippen MR) is 136 cm³/mol. The highest BCUT2D eigenvalue weighted by atomic mass is 19.1. The Morgan fingerprint density at radius 2 is 2.06 bits per heavy atom. The number of hydrogen-bond donors (Lipinski definition) is 0. The number of likely N-dealkylation sites (tertiary alicyclic amines) is 1. The molecule has 1 amide bonds. The number of nitrogens with zero attached hydrogens (tertiary/aromatic N) is 4. The lowest BCUT2D eigenvalue weighted by atomic mass is 9.97. The summed E-state index contributed by atoms with van der Waals surface area (Å²) >= 11 is 0. The normalized spacial score (nSPS) is 19.0. The summed E-state index contributed by atoms with van der Waals surface area (Å²) in [5, 5.41) is 1.19. The minimum absolute atomic E-state index is 0.0105. The summed E-state index contributed by atoms with van der Waals surface area (Å²) in [6, 6.07) is 4.50. The second-order valence-electron chi connectivity index (χ2n) is 10.6. The van der Waals surface area contributed by atoms with Crippen LogP contribution in [0, 0.1) is 24.6 Å². The Labute approximate surface area is 206 Å². The zero-order valence-electron chi connectivity index (χ0n) is 21.1. The molecule has 1 atom stereocenters. The van der Waals surface area contributed by atoms with Crippen molar-refractivity contribution in [3.8, 4) is 5.69 Å². The molecule has 2 fully saturated rings. The number of carbonyl (C=O) groups excluding carboxylic acids is 1. The van der Waals surface area contributed by atoms with E-state index in [0.717, 1.165) is 50.3 Å². The van der Waals surface area contributed by atoms with Gasteiger partial charge in [-0.25, -0.2) is 4.39 Å². The van der Waals surface area contributed by atoms with E-state index >= 15 is 0 Å². The first-order chi connectivity index (χ1) is 16.8. The Bertz CT molecular complexity index is 1230. The SMILES string of the molecule is Cc1cncc2c1c(C[C@@H]1CCN(CC3COC3)C1)cn2-c1ccc(F)cc1C(=O)N(C)C(C)C. The number of halogens is 1. The molecule has 0 N–H and O–H groups in total. The van der Waals surface area contributed by atoms with Crippen molar-refractivity contribution in [1.82, 2.24) is 19.4 Å². The Morgan fingerprint density at radius 3 is 2.77 bits per heavy atom. The lowest BCUT2D eigenvalue weighted by molar-refractivity contribution is -0.0443. The maximum Gasteiger partial charge on any atom is 0.256 e. The number of amides is 1. The predicted octanol–water partition coefficient (Wildman–Crippen LogP) is 4.46. The summed E-state index contributed by atoms with van der Waals surface area (Å²) in [6.45, 7) is 11.2. The van der Waals surface area contributed by atoms with E-state index in [1.54, 1.807) is 18.0 Å². The molecule has 7 heteroatoms. The minimum Gasteiger partial charge on any atom is -0.381 e.